The second kappa shape index (κ2) is 4.40. The molecule has 0 bridgehead atoms. The summed E-state index contributed by atoms with van der Waals surface area (Å²) in [6, 6.07) is 0. The second-order valence-corrected chi connectivity index (χ2v) is 5.36. The molecule has 3 heteroatoms. The van der Waals surface area contributed by atoms with Crippen LogP contribution in [0.3, 0.4) is 0 Å². The Morgan fingerprint density at radius 1 is 1.62 bits per heavy atom. The number of aliphatic carboxylic acids is 1. The monoisotopic (exact) mass is 224 g/mol. The van der Waals surface area contributed by atoms with Crippen molar-refractivity contribution in [1.29, 1.82) is 0 Å². The van der Waals surface area contributed by atoms with Gasteiger partial charge in [0.2, 0.25) is 0 Å². The highest BCUT2D eigenvalue weighted by atomic mass is 16.4. The molecule has 0 aliphatic heterocycles. The van der Waals surface area contributed by atoms with Crippen LogP contribution in [0.15, 0.2) is 12.2 Å². The number of carbonyl (C=O) groups is 2. The van der Waals surface area contributed by atoms with Crippen LogP contribution in [0.1, 0.15) is 40.0 Å². The van der Waals surface area contributed by atoms with Crippen molar-refractivity contribution in [2.24, 2.45) is 17.3 Å². The smallest absolute Gasteiger partial charge is 0.303 e. The van der Waals surface area contributed by atoms with E-state index >= 15 is 0 Å². The lowest BCUT2D eigenvalue weighted by Gasteiger charge is -2.41. The number of carboxylic acids is 1. The minimum absolute atomic E-state index is 0.0592. The van der Waals surface area contributed by atoms with Gasteiger partial charge in [-0.3, -0.25) is 9.59 Å². The number of hydrogen-bond acceptors (Lipinski definition) is 2. The molecule has 0 spiro atoms. The topological polar surface area (TPSA) is 54.4 Å². The predicted octanol–water partition coefficient (Wildman–Crippen LogP) is 2.66. The molecule has 1 N–H and O–H groups in total. The summed E-state index contributed by atoms with van der Waals surface area (Å²) in [6.45, 7) is 9.54. The fourth-order valence-corrected chi connectivity index (χ4v) is 2.54. The van der Waals surface area contributed by atoms with E-state index in [1.165, 1.54) is 0 Å². The molecule has 0 aromatic rings. The first-order chi connectivity index (χ1) is 7.26. The molecule has 0 aromatic heterocycles. The Balaban J connectivity index is 2.92. The molecule has 0 saturated heterocycles. The van der Waals surface area contributed by atoms with E-state index in [4.69, 9.17) is 5.11 Å². The van der Waals surface area contributed by atoms with Crippen LogP contribution in [0.5, 0.6) is 0 Å². The van der Waals surface area contributed by atoms with Gasteiger partial charge in [0.05, 0.1) is 6.42 Å². The predicted molar refractivity (Wildman–Crippen MR) is 62.1 cm³/mol. The molecule has 0 heterocycles. The molecule has 0 amide bonds. The zero-order chi connectivity index (χ0) is 12.5. The summed E-state index contributed by atoms with van der Waals surface area (Å²) >= 11 is 0. The van der Waals surface area contributed by atoms with Gasteiger partial charge in [-0.05, 0) is 24.7 Å². The number of hydrogen-bond donors (Lipinski definition) is 1. The molecule has 1 fully saturated rings. The van der Waals surface area contributed by atoms with Crippen LogP contribution in [0, 0.1) is 17.3 Å². The number of rotatable bonds is 3. The van der Waals surface area contributed by atoms with Crippen molar-refractivity contribution in [1.82, 2.24) is 0 Å². The van der Waals surface area contributed by atoms with Gasteiger partial charge in [0.1, 0.15) is 5.78 Å². The first-order valence-electron chi connectivity index (χ1n) is 5.66. The van der Waals surface area contributed by atoms with Gasteiger partial charge in [-0.25, -0.2) is 0 Å². The van der Waals surface area contributed by atoms with E-state index in [0.717, 1.165) is 12.0 Å². The molecule has 3 nitrogen and oxygen atoms in total. The van der Waals surface area contributed by atoms with Crippen molar-refractivity contribution >= 4 is 11.8 Å². The summed E-state index contributed by atoms with van der Waals surface area (Å²) in [7, 11) is 0. The zero-order valence-corrected chi connectivity index (χ0v) is 10.2. The maximum atomic E-state index is 11.9. The van der Waals surface area contributed by atoms with Gasteiger partial charge >= 0.3 is 5.97 Å². The van der Waals surface area contributed by atoms with Crippen LogP contribution >= 0.6 is 0 Å². The van der Waals surface area contributed by atoms with Crippen LogP contribution in [-0.2, 0) is 9.59 Å². The Morgan fingerprint density at radius 3 is 2.62 bits per heavy atom. The van der Waals surface area contributed by atoms with Gasteiger partial charge in [-0.1, -0.05) is 26.0 Å². The molecule has 90 valence electrons. The van der Waals surface area contributed by atoms with E-state index in [9.17, 15) is 9.59 Å². The van der Waals surface area contributed by atoms with E-state index in [2.05, 4.69) is 6.58 Å². The van der Waals surface area contributed by atoms with Gasteiger partial charge in [-0.15, -0.1) is 0 Å². The minimum Gasteiger partial charge on any atom is -0.481 e. The van der Waals surface area contributed by atoms with Crippen LogP contribution in [-0.4, -0.2) is 16.9 Å². The normalized spacial score (nSPS) is 34.8. The Labute approximate surface area is 96.5 Å². The summed E-state index contributed by atoms with van der Waals surface area (Å²) in [4.78, 5) is 22.7. The summed E-state index contributed by atoms with van der Waals surface area (Å²) in [6.07, 6.45) is 1.33. The fraction of sp³-hybridized carbons (Fsp3) is 0.692. The maximum absolute atomic E-state index is 11.9. The Kier molecular flexibility index (Phi) is 3.56. The average molecular weight is 224 g/mol. The molecule has 16 heavy (non-hydrogen) atoms. The van der Waals surface area contributed by atoms with Crippen molar-refractivity contribution in [3.05, 3.63) is 12.2 Å². The SMILES string of the molecule is C=C(C)C1CC(=O)C(C)C(C)(CC(=O)O)C1. The van der Waals surface area contributed by atoms with E-state index in [-0.39, 0.29) is 24.0 Å². The minimum atomic E-state index is -0.829. The molecular weight excluding hydrogens is 204 g/mol. The molecule has 1 aliphatic rings. The van der Waals surface area contributed by atoms with Gasteiger partial charge in [-0.2, -0.15) is 0 Å². The fourth-order valence-electron chi connectivity index (χ4n) is 2.54. The number of ketones is 1. The first-order valence-corrected chi connectivity index (χ1v) is 5.66. The third-order valence-electron chi connectivity index (χ3n) is 3.94. The van der Waals surface area contributed by atoms with Crippen molar-refractivity contribution < 1.29 is 14.7 Å². The van der Waals surface area contributed by atoms with Gasteiger partial charge in [0, 0.05) is 12.3 Å². The highest BCUT2D eigenvalue weighted by Gasteiger charge is 2.44. The van der Waals surface area contributed by atoms with E-state index in [1.807, 2.05) is 20.8 Å². The van der Waals surface area contributed by atoms with Crippen molar-refractivity contribution in [2.45, 2.75) is 40.0 Å². The molecule has 3 atom stereocenters. The van der Waals surface area contributed by atoms with Crippen molar-refractivity contribution in [2.75, 3.05) is 0 Å². The third-order valence-corrected chi connectivity index (χ3v) is 3.94. The summed E-state index contributed by atoms with van der Waals surface area (Å²) in [5, 5.41) is 8.93. The highest BCUT2D eigenvalue weighted by Crippen LogP contribution is 2.45. The standard InChI is InChI=1S/C13H20O3/c1-8(2)10-5-11(14)9(3)13(4,6-10)7-12(15)16/h9-10H,1,5-7H2,2-4H3,(H,15,16). The quantitative estimate of drug-likeness (QED) is 0.750. The third kappa shape index (κ3) is 2.52. The summed E-state index contributed by atoms with van der Waals surface area (Å²) in [5.41, 5.74) is 0.557. The van der Waals surface area contributed by atoms with Crippen LogP contribution in [0.4, 0.5) is 0 Å². The highest BCUT2D eigenvalue weighted by molar-refractivity contribution is 5.84. The molecule has 1 rings (SSSR count). The Hall–Kier alpha value is -1.12. The van der Waals surface area contributed by atoms with Gasteiger partial charge in [0.15, 0.2) is 0 Å². The van der Waals surface area contributed by atoms with E-state index < -0.39 is 11.4 Å². The molecule has 1 saturated carbocycles. The Morgan fingerprint density at radius 2 is 2.19 bits per heavy atom. The van der Waals surface area contributed by atoms with Crippen LogP contribution in [0.2, 0.25) is 0 Å². The number of allylic oxidation sites excluding steroid dienone is 1. The van der Waals surface area contributed by atoms with Crippen molar-refractivity contribution in [3.8, 4) is 0 Å². The lowest BCUT2D eigenvalue weighted by atomic mass is 9.61. The molecule has 1 aliphatic carbocycles. The average Bonchev–Trinajstić information content (AvgIpc) is 2.12. The van der Waals surface area contributed by atoms with Gasteiger partial charge < -0.3 is 5.11 Å². The molecular formula is C13H20O3. The Bertz CT molecular complexity index is 332. The number of carboxylic acid groups (broad SMARTS) is 1. The lowest BCUT2D eigenvalue weighted by molar-refractivity contribution is -0.143. The zero-order valence-electron chi connectivity index (χ0n) is 10.2. The summed E-state index contributed by atoms with van der Waals surface area (Å²) in [5.74, 6) is -0.681. The summed E-state index contributed by atoms with van der Waals surface area (Å²) < 4.78 is 0. The van der Waals surface area contributed by atoms with Crippen molar-refractivity contribution in [3.63, 3.8) is 0 Å². The van der Waals surface area contributed by atoms with E-state index in [1.54, 1.807) is 0 Å². The first kappa shape index (κ1) is 12.9. The van der Waals surface area contributed by atoms with Crippen LogP contribution < -0.4 is 0 Å². The molecule has 0 radical (unpaired) electrons. The second-order valence-electron chi connectivity index (χ2n) is 5.36. The lowest BCUT2D eigenvalue weighted by Crippen LogP contribution is -2.41. The maximum Gasteiger partial charge on any atom is 0.303 e. The van der Waals surface area contributed by atoms with Gasteiger partial charge in [0.25, 0.3) is 0 Å². The van der Waals surface area contributed by atoms with Crippen LogP contribution in [0.25, 0.3) is 0 Å². The largest absolute Gasteiger partial charge is 0.481 e. The molecule has 0 aromatic carbocycles. The van der Waals surface area contributed by atoms with E-state index in [0.29, 0.717) is 6.42 Å². The molecule has 3 unspecified atom stereocenters. The number of Topliss-reactive ketones (excluding diaryl/α,β-unsaturated/α-hetero) is 1. The number of carbonyl (C=O) groups excluding carboxylic acids is 1.